The summed E-state index contributed by atoms with van der Waals surface area (Å²) in [5.41, 5.74) is 0.604. The minimum absolute atomic E-state index is 0.341. The lowest BCUT2D eigenvalue weighted by Crippen LogP contribution is -2.51. The summed E-state index contributed by atoms with van der Waals surface area (Å²) in [5.74, 6) is 1.25. The molecule has 0 aromatic rings. The number of nitrogens with zero attached hydrogens (tertiary/aromatic N) is 2. The van der Waals surface area contributed by atoms with Gasteiger partial charge < -0.3 is 9.64 Å². The maximum atomic E-state index is 12.5. The molecular formula is C19H36N2O2. The van der Waals surface area contributed by atoms with Crippen molar-refractivity contribution in [2.75, 3.05) is 39.8 Å². The monoisotopic (exact) mass is 324 g/mol. The first-order valence-electron chi connectivity index (χ1n) is 9.63. The molecule has 134 valence electrons. The fraction of sp³-hybridized carbons (Fsp3) is 0.947. The van der Waals surface area contributed by atoms with Crippen LogP contribution in [-0.4, -0.2) is 61.6 Å². The number of ether oxygens (including phenoxy) is 1. The lowest BCUT2D eigenvalue weighted by molar-refractivity contribution is -0.137. The van der Waals surface area contributed by atoms with Gasteiger partial charge in [0, 0.05) is 33.3 Å². The number of likely N-dealkylation sites (tertiary alicyclic amines) is 2. The third-order valence-electron chi connectivity index (χ3n) is 5.97. The van der Waals surface area contributed by atoms with Crippen LogP contribution in [0.3, 0.4) is 0 Å². The van der Waals surface area contributed by atoms with E-state index in [9.17, 15) is 4.79 Å². The first kappa shape index (κ1) is 18.7. The summed E-state index contributed by atoms with van der Waals surface area (Å²) in [5, 5.41) is 0. The largest absolute Gasteiger partial charge is 0.381 e. The van der Waals surface area contributed by atoms with Crippen LogP contribution in [0.25, 0.3) is 0 Å². The van der Waals surface area contributed by atoms with Crippen LogP contribution in [0.4, 0.5) is 0 Å². The van der Waals surface area contributed by atoms with E-state index >= 15 is 0 Å². The second-order valence-electron chi connectivity index (χ2n) is 7.61. The third-order valence-corrected chi connectivity index (χ3v) is 5.97. The molecule has 4 nitrogen and oxygen atoms in total. The van der Waals surface area contributed by atoms with Crippen molar-refractivity contribution in [2.24, 2.45) is 11.3 Å². The quantitative estimate of drug-likeness (QED) is 0.799. The van der Waals surface area contributed by atoms with Crippen molar-refractivity contribution in [3.63, 3.8) is 0 Å². The zero-order valence-corrected chi connectivity index (χ0v) is 15.6. The zero-order valence-electron chi connectivity index (χ0n) is 15.6. The molecule has 1 saturated carbocycles. The Morgan fingerprint density at radius 1 is 1.09 bits per heavy atom. The van der Waals surface area contributed by atoms with E-state index in [2.05, 4.69) is 16.7 Å². The van der Waals surface area contributed by atoms with Crippen LogP contribution in [0.1, 0.15) is 59.3 Å². The lowest BCUT2D eigenvalue weighted by atomic mass is 9.58. The van der Waals surface area contributed by atoms with Crippen LogP contribution in [-0.2, 0) is 9.53 Å². The Hall–Kier alpha value is -0.610. The summed E-state index contributed by atoms with van der Waals surface area (Å²) in [7, 11) is 1.79. The minimum atomic E-state index is 0.341. The summed E-state index contributed by atoms with van der Waals surface area (Å²) >= 11 is 0. The Bertz CT molecular complexity index is 362. The van der Waals surface area contributed by atoms with Crippen molar-refractivity contribution in [3.8, 4) is 0 Å². The molecule has 3 fully saturated rings. The van der Waals surface area contributed by atoms with Crippen molar-refractivity contribution >= 4 is 5.91 Å². The van der Waals surface area contributed by atoms with Crippen molar-refractivity contribution in [1.82, 2.24) is 9.80 Å². The first-order chi connectivity index (χ1) is 11.1. The Balaban J connectivity index is 0.000000924. The zero-order chi connectivity index (χ0) is 16.9. The smallest absolute Gasteiger partial charge is 0.236 e. The van der Waals surface area contributed by atoms with Crippen molar-refractivity contribution in [3.05, 3.63) is 0 Å². The van der Waals surface area contributed by atoms with E-state index in [1.165, 1.54) is 25.7 Å². The van der Waals surface area contributed by atoms with E-state index in [0.717, 1.165) is 44.9 Å². The second-order valence-corrected chi connectivity index (χ2v) is 7.61. The molecular weight excluding hydrogens is 288 g/mol. The van der Waals surface area contributed by atoms with Gasteiger partial charge in [-0.3, -0.25) is 9.69 Å². The van der Waals surface area contributed by atoms with E-state index in [1.807, 2.05) is 13.8 Å². The highest BCUT2D eigenvalue weighted by atomic mass is 16.5. The molecule has 1 amide bonds. The van der Waals surface area contributed by atoms with E-state index in [1.54, 1.807) is 7.11 Å². The second kappa shape index (κ2) is 8.48. The van der Waals surface area contributed by atoms with Crippen molar-refractivity contribution in [1.29, 1.82) is 0 Å². The highest BCUT2D eigenvalue weighted by Crippen LogP contribution is 2.52. The predicted molar refractivity (Wildman–Crippen MR) is 94.5 cm³/mol. The summed E-state index contributed by atoms with van der Waals surface area (Å²) < 4.78 is 5.39. The van der Waals surface area contributed by atoms with E-state index in [-0.39, 0.29) is 0 Å². The van der Waals surface area contributed by atoms with Gasteiger partial charge in [-0.15, -0.1) is 0 Å². The van der Waals surface area contributed by atoms with Gasteiger partial charge in [0.25, 0.3) is 0 Å². The number of methoxy groups -OCH3 is 1. The number of carbonyl (C=O) groups is 1. The minimum Gasteiger partial charge on any atom is -0.381 e. The topological polar surface area (TPSA) is 32.8 Å². The first-order valence-corrected chi connectivity index (χ1v) is 9.63. The molecule has 3 rings (SSSR count). The van der Waals surface area contributed by atoms with Gasteiger partial charge in [-0.2, -0.15) is 0 Å². The van der Waals surface area contributed by atoms with Crippen LogP contribution in [0.2, 0.25) is 0 Å². The molecule has 0 aromatic carbocycles. The number of hydrogen-bond acceptors (Lipinski definition) is 3. The van der Waals surface area contributed by atoms with Crippen LogP contribution < -0.4 is 0 Å². The summed E-state index contributed by atoms with van der Waals surface area (Å²) in [6.07, 6.45) is 7.75. The molecule has 2 aliphatic heterocycles. The summed E-state index contributed by atoms with van der Waals surface area (Å²) in [6.45, 7) is 10.9. The Morgan fingerprint density at radius 3 is 2.13 bits per heavy atom. The highest BCUT2D eigenvalue weighted by molar-refractivity contribution is 5.78. The van der Waals surface area contributed by atoms with E-state index in [4.69, 9.17) is 4.74 Å². The number of rotatable bonds is 3. The molecule has 4 heteroatoms. The molecule has 1 aliphatic carbocycles. The number of amides is 1. The summed E-state index contributed by atoms with van der Waals surface area (Å²) in [6, 6.07) is 0. The van der Waals surface area contributed by atoms with Gasteiger partial charge in [-0.1, -0.05) is 20.8 Å². The molecule has 0 atom stereocenters. The average Bonchev–Trinajstić information content (AvgIpc) is 2.57. The van der Waals surface area contributed by atoms with Gasteiger partial charge in [0.15, 0.2) is 0 Å². The van der Waals surface area contributed by atoms with Gasteiger partial charge in [0.1, 0.15) is 0 Å². The van der Waals surface area contributed by atoms with Gasteiger partial charge in [-0.25, -0.2) is 0 Å². The van der Waals surface area contributed by atoms with Crippen molar-refractivity contribution < 1.29 is 9.53 Å². The average molecular weight is 325 g/mol. The Kier molecular flexibility index (Phi) is 6.90. The van der Waals surface area contributed by atoms with Crippen LogP contribution in [0, 0.1) is 11.3 Å². The fourth-order valence-corrected chi connectivity index (χ4v) is 4.65. The molecule has 23 heavy (non-hydrogen) atoms. The molecule has 0 radical (unpaired) electrons. The van der Waals surface area contributed by atoms with Crippen LogP contribution in [0.15, 0.2) is 0 Å². The molecule has 0 N–H and O–H groups in total. The standard InChI is InChI=1S/C17H30N2O2.C2H6/c1-14-11-17(12-14)5-9-19(10-6-17)16(20)13-18-7-3-15(21-2)4-8-18;1-2/h14-15H,3-13H2,1-2H3;1-2H3. The lowest BCUT2D eigenvalue weighted by Gasteiger charge is -2.51. The maximum Gasteiger partial charge on any atom is 0.236 e. The van der Waals surface area contributed by atoms with Crippen LogP contribution in [0.5, 0.6) is 0 Å². The number of piperidine rings is 2. The summed E-state index contributed by atoms with van der Waals surface area (Å²) in [4.78, 5) is 16.9. The Morgan fingerprint density at radius 2 is 1.65 bits per heavy atom. The molecule has 1 spiro atoms. The molecule has 3 aliphatic rings. The van der Waals surface area contributed by atoms with Gasteiger partial charge >= 0.3 is 0 Å². The normalized spacial score (nSPS) is 25.7. The van der Waals surface area contributed by atoms with Crippen LogP contribution >= 0.6 is 0 Å². The van der Waals surface area contributed by atoms with E-state index < -0.39 is 0 Å². The van der Waals surface area contributed by atoms with Gasteiger partial charge in [0.2, 0.25) is 5.91 Å². The van der Waals surface area contributed by atoms with E-state index in [0.29, 0.717) is 24.0 Å². The maximum absolute atomic E-state index is 12.5. The molecule has 0 bridgehead atoms. The molecule has 2 heterocycles. The van der Waals surface area contributed by atoms with Gasteiger partial charge in [0.05, 0.1) is 12.6 Å². The van der Waals surface area contributed by atoms with Gasteiger partial charge in [-0.05, 0) is 49.9 Å². The molecule has 2 saturated heterocycles. The molecule has 0 aromatic heterocycles. The predicted octanol–water partition coefficient (Wildman–Crippen LogP) is 3.16. The third kappa shape index (κ3) is 4.69. The number of hydrogen-bond donors (Lipinski definition) is 0. The highest BCUT2D eigenvalue weighted by Gasteiger charge is 2.44. The van der Waals surface area contributed by atoms with Crippen molar-refractivity contribution in [2.45, 2.75) is 65.4 Å². The molecule has 0 unspecified atom stereocenters. The number of carbonyl (C=O) groups excluding carboxylic acids is 1. The fourth-order valence-electron chi connectivity index (χ4n) is 4.65. The Labute approximate surface area is 142 Å². The SMILES string of the molecule is CC.COC1CCN(CC(=O)N2CCC3(CC2)CC(C)C3)CC1.